The van der Waals surface area contributed by atoms with Crippen LogP contribution >= 0.6 is 0 Å². The molecular weight excluding hydrogens is 320 g/mol. The fourth-order valence-electron chi connectivity index (χ4n) is 2.99. The Morgan fingerprint density at radius 1 is 1.36 bits per heavy atom. The number of aromatic nitrogens is 5. The van der Waals surface area contributed by atoms with Gasteiger partial charge < -0.3 is 14.5 Å². The summed E-state index contributed by atoms with van der Waals surface area (Å²) in [5, 5.41) is 10.8. The smallest absolute Gasteiger partial charge is 0.273 e. The average molecular weight is 340 g/mol. The highest BCUT2D eigenvalue weighted by Gasteiger charge is 2.18. The second-order valence-electron chi connectivity index (χ2n) is 6.17. The van der Waals surface area contributed by atoms with E-state index >= 15 is 0 Å². The first-order valence-corrected chi connectivity index (χ1v) is 8.50. The maximum atomic E-state index is 12.2. The summed E-state index contributed by atoms with van der Waals surface area (Å²) in [4.78, 5) is 16.7. The molecule has 4 heterocycles. The van der Waals surface area contributed by atoms with Gasteiger partial charge in [-0.15, -0.1) is 5.10 Å². The molecule has 0 aliphatic carbocycles. The van der Waals surface area contributed by atoms with Gasteiger partial charge in [-0.05, 0) is 25.0 Å². The van der Waals surface area contributed by atoms with Crippen LogP contribution in [0.15, 0.2) is 36.8 Å². The van der Waals surface area contributed by atoms with E-state index in [0.29, 0.717) is 25.2 Å². The topological polar surface area (TPSA) is 86.3 Å². The lowest BCUT2D eigenvalue weighted by Crippen LogP contribution is -2.26. The van der Waals surface area contributed by atoms with Crippen molar-refractivity contribution in [3.8, 4) is 0 Å². The summed E-state index contributed by atoms with van der Waals surface area (Å²) in [5.41, 5.74) is 2.17. The monoisotopic (exact) mass is 340 g/mol. The number of rotatable bonds is 6. The van der Waals surface area contributed by atoms with Crippen molar-refractivity contribution in [3.05, 3.63) is 48.2 Å². The molecule has 0 radical (unpaired) electrons. The zero-order chi connectivity index (χ0) is 17.1. The minimum atomic E-state index is -0.220. The second-order valence-corrected chi connectivity index (χ2v) is 6.17. The fourth-order valence-corrected chi connectivity index (χ4v) is 2.99. The van der Waals surface area contributed by atoms with Crippen molar-refractivity contribution in [1.82, 2.24) is 29.7 Å². The highest BCUT2D eigenvalue weighted by molar-refractivity contribution is 5.91. The Kier molecular flexibility index (Phi) is 4.43. The van der Waals surface area contributed by atoms with E-state index in [1.807, 2.05) is 35.0 Å². The molecule has 0 unspecified atom stereocenters. The van der Waals surface area contributed by atoms with Gasteiger partial charge in [0.25, 0.3) is 5.91 Å². The first-order chi connectivity index (χ1) is 12.3. The predicted molar refractivity (Wildman–Crippen MR) is 90.2 cm³/mol. The number of carbonyl (C=O) groups is 1. The van der Waals surface area contributed by atoms with Gasteiger partial charge in [0.1, 0.15) is 5.65 Å². The fraction of sp³-hybridized carbons (Fsp3) is 0.412. The number of ether oxygens (including phenoxy) is 1. The lowest BCUT2D eigenvalue weighted by atomic mass is 10.2. The zero-order valence-corrected chi connectivity index (χ0v) is 13.8. The van der Waals surface area contributed by atoms with Crippen LogP contribution in [0.5, 0.6) is 0 Å². The second kappa shape index (κ2) is 7.02. The van der Waals surface area contributed by atoms with Crippen LogP contribution in [-0.4, -0.2) is 49.5 Å². The Labute approximate surface area is 144 Å². The molecular formula is C17H20N6O2. The molecule has 8 nitrogen and oxygen atoms in total. The lowest BCUT2D eigenvalue weighted by molar-refractivity contribution is 0.0930. The lowest BCUT2D eigenvalue weighted by Gasteiger charge is -2.07. The molecule has 1 N–H and O–H groups in total. The Hall–Kier alpha value is -2.74. The highest BCUT2D eigenvalue weighted by atomic mass is 16.5. The van der Waals surface area contributed by atoms with E-state index in [0.717, 1.165) is 30.8 Å². The molecule has 1 fully saturated rings. The molecule has 3 aromatic rings. The molecule has 1 saturated heterocycles. The van der Waals surface area contributed by atoms with Crippen LogP contribution in [0.2, 0.25) is 0 Å². The number of fused-ring (bicyclic) bond motifs is 1. The summed E-state index contributed by atoms with van der Waals surface area (Å²) in [6.07, 6.45) is 8.54. The first kappa shape index (κ1) is 15.8. The third-order valence-electron chi connectivity index (χ3n) is 4.27. The molecule has 130 valence electrons. The van der Waals surface area contributed by atoms with E-state index in [1.165, 1.54) is 0 Å². The molecule has 3 aromatic heterocycles. The van der Waals surface area contributed by atoms with Gasteiger partial charge in [-0.2, -0.15) is 0 Å². The van der Waals surface area contributed by atoms with Gasteiger partial charge in [-0.25, -0.2) is 9.67 Å². The number of carbonyl (C=O) groups excluding carboxylic acids is 1. The third-order valence-corrected chi connectivity index (χ3v) is 4.27. The number of imidazole rings is 1. The predicted octanol–water partition coefficient (Wildman–Crippen LogP) is 1.08. The maximum Gasteiger partial charge on any atom is 0.273 e. The Morgan fingerprint density at radius 2 is 2.32 bits per heavy atom. The van der Waals surface area contributed by atoms with Crippen LogP contribution in [0.25, 0.3) is 5.65 Å². The van der Waals surface area contributed by atoms with E-state index in [9.17, 15) is 4.79 Å². The third kappa shape index (κ3) is 3.69. The normalized spacial score (nSPS) is 17.2. The number of amides is 1. The molecule has 4 rings (SSSR count). The summed E-state index contributed by atoms with van der Waals surface area (Å²) in [5.74, 6) is -0.220. The summed E-state index contributed by atoms with van der Waals surface area (Å²) in [6.45, 7) is 1.94. The van der Waals surface area contributed by atoms with Gasteiger partial charge in [-0.3, -0.25) is 4.79 Å². The molecule has 1 amide bonds. The van der Waals surface area contributed by atoms with E-state index in [4.69, 9.17) is 4.74 Å². The van der Waals surface area contributed by atoms with E-state index in [-0.39, 0.29) is 12.0 Å². The Bertz CT molecular complexity index is 832. The number of pyridine rings is 1. The molecule has 8 heteroatoms. The number of hydrogen-bond acceptors (Lipinski definition) is 5. The summed E-state index contributed by atoms with van der Waals surface area (Å²) in [7, 11) is 0. The standard InChI is InChI=1S/C17H20N6O2/c24-17(15-12-23(21-20-15)11-14-4-3-9-25-14)18-7-6-13-10-22-8-2-1-5-16(22)19-13/h1-2,5,8,10,12,14H,3-4,6-7,9,11H2,(H,18,24)/t14-/m1/s1. The first-order valence-electron chi connectivity index (χ1n) is 8.50. The van der Waals surface area contributed by atoms with Gasteiger partial charge in [0, 0.05) is 32.0 Å². The van der Waals surface area contributed by atoms with Crippen LogP contribution in [0.4, 0.5) is 0 Å². The molecule has 0 saturated carbocycles. The van der Waals surface area contributed by atoms with E-state index in [1.54, 1.807) is 10.9 Å². The van der Waals surface area contributed by atoms with Crippen molar-refractivity contribution < 1.29 is 9.53 Å². The molecule has 1 aliphatic heterocycles. The van der Waals surface area contributed by atoms with Gasteiger partial charge in [0.15, 0.2) is 5.69 Å². The minimum absolute atomic E-state index is 0.174. The largest absolute Gasteiger partial charge is 0.376 e. The van der Waals surface area contributed by atoms with Crippen molar-refractivity contribution in [2.45, 2.75) is 31.9 Å². The van der Waals surface area contributed by atoms with Crippen molar-refractivity contribution in [3.63, 3.8) is 0 Å². The van der Waals surface area contributed by atoms with Gasteiger partial charge in [0.2, 0.25) is 0 Å². The summed E-state index contributed by atoms with van der Waals surface area (Å²) < 4.78 is 9.21. The van der Waals surface area contributed by atoms with E-state index < -0.39 is 0 Å². The van der Waals surface area contributed by atoms with Crippen LogP contribution in [0.1, 0.15) is 29.0 Å². The van der Waals surface area contributed by atoms with Gasteiger partial charge in [0.05, 0.1) is 24.5 Å². The Morgan fingerprint density at radius 3 is 3.16 bits per heavy atom. The van der Waals surface area contributed by atoms with Crippen molar-refractivity contribution in [1.29, 1.82) is 0 Å². The average Bonchev–Trinajstić information content (AvgIpc) is 3.35. The minimum Gasteiger partial charge on any atom is -0.376 e. The van der Waals surface area contributed by atoms with Crippen LogP contribution in [0, 0.1) is 0 Å². The van der Waals surface area contributed by atoms with Crippen molar-refractivity contribution in [2.24, 2.45) is 0 Å². The number of nitrogens with one attached hydrogen (secondary N) is 1. The molecule has 25 heavy (non-hydrogen) atoms. The van der Waals surface area contributed by atoms with Crippen molar-refractivity contribution in [2.75, 3.05) is 13.2 Å². The highest BCUT2D eigenvalue weighted by Crippen LogP contribution is 2.13. The maximum absolute atomic E-state index is 12.2. The summed E-state index contributed by atoms with van der Waals surface area (Å²) >= 11 is 0. The molecule has 0 bridgehead atoms. The van der Waals surface area contributed by atoms with Crippen LogP contribution < -0.4 is 5.32 Å². The van der Waals surface area contributed by atoms with Crippen LogP contribution in [0.3, 0.4) is 0 Å². The van der Waals surface area contributed by atoms with E-state index in [2.05, 4.69) is 20.6 Å². The SMILES string of the molecule is O=C(NCCc1cn2ccccc2n1)c1cn(C[C@H]2CCCO2)nn1. The van der Waals surface area contributed by atoms with Crippen molar-refractivity contribution >= 4 is 11.6 Å². The quantitative estimate of drug-likeness (QED) is 0.725. The zero-order valence-electron chi connectivity index (χ0n) is 13.8. The number of nitrogens with zero attached hydrogens (tertiary/aromatic N) is 5. The molecule has 1 atom stereocenters. The summed E-state index contributed by atoms with van der Waals surface area (Å²) in [6, 6.07) is 5.86. The van der Waals surface area contributed by atoms with Gasteiger partial charge in [-0.1, -0.05) is 11.3 Å². The Balaban J connectivity index is 1.29. The molecule has 0 spiro atoms. The molecule has 1 aliphatic rings. The van der Waals surface area contributed by atoms with Gasteiger partial charge >= 0.3 is 0 Å². The van der Waals surface area contributed by atoms with Crippen LogP contribution in [-0.2, 0) is 17.7 Å². The molecule has 0 aromatic carbocycles. The number of hydrogen-bond donors (Lipinski definition) is 1.